The van der Waals surface area contributed by atoms with Crippen LogP contribution in [-0.2, 0) is 10.2 Å². The van der Waals surface area contributed by atoms with Gasteiger partial charge in [0.1, 0.15) is 5.75 Å². The first-order valence-corrected chi connectivity index (χ1v) is 8.58. The van der Waals surface area contributed by atoms with Crippen LogP contribution in [0, 0.1) is 10.8 Å². The molecule has 3 aliphatic rings. The minimum absolute atomic E-state index is 0.0617. The van der Waals surface area contributed by atoms with Crippen molar-refractivity contribution < 1.29 is 9.53 Å². The first kappa shape index (κ1) is 14.7. The van der Waals surface area contributed by atoms with Crippen molar-refractivity contribution in [2.75, 3.05) is 7.11 Å². The van der Waals surface area contributed by atoms with Gasteiger partial charge in [-0.3, -0.25) is 4.79 Å². The Hall–Kier alpha value is -1.83. The summed E-state index contributed by atoms with van der Waals surface area (Å²) < 4.78 is 5.31. The average Bonchev–Trinajstić information content (AvgIpc) is 2.97. The van der Waals surface area contributed by atoms with E-state index in [9.17, 15) is 4.79 Å². The number of methoxy groups -OCH3 is 1. The Bertz CT molecular complexity index is 727. The van der Waals surface area contributed by atoms with Crippen molar-refractivity contribution in [3.8, 4) is 5.75 Å². The molecule has 0 heterocycles. The van der Waals surface area contributed by atoms with Crippen LogP contribution in [0.5, 0.6) is 5.75 Å². The summed E-state index contributed by atoms with van der Waals surface area (Å²) in [5.41, 5.74) is 2.08. The van der Waals surface area contributed by atoms with E-state index in [2.05, 4.69) is 37.3 Å². The summed E-state index contributed by atoms with van der Waals surface area (Å²) in [6.45, 7) is 4.11. The number of allylic oxidation sites excluding steroid dienone is 4. The van der Waals surface area contributed by atoms with E-state index < -0.39 is 0 Å². The summed E-state index contributed by atoms with van der Waals surface area (Å²) in [6, 6.07) is 8.31. The number of carbonyl (C=O) groups is 1. The van der Waals surface area contributed by atoms with Crippen LogP contribution in [0.25, 0.3) is 0 Å². The molecule has 0 saturated heterocycles. The second-order valence-corrected chi connectivity index (χ2v) is 7.56. The molecule has 0 spiro atoms. The molecule has 1 saturated carbocycles. The predicted octanol–water partition coefficient (Wildman–Crippen LogP) is 4.60. The largest absolute Gasteiger partial charge is 0.497 e. The molecule has 0 aromatic heterocycles. The number of carbonyl (C=O) groups excluding carboxylic acids is 1. The lowest BCUT2D eigenvalue weighted by molar-refractivity contribution is -0.114. The number of hydrogen-bond donors (Lipinski definition) is 0. The maximum absolute atomic E-state index is 12.5. The van der Waals surface area contributed by atoms with Crippen LogP contribution in [0.3, 0.4) is 0 Å². The third-order valence-electron chi connectivity index (χ3n) is 6.80. The van der Waals surface area contributed by atoms with Gasteiger partial charge in [0.25, 0.3) is 0 Å². The SMILES string of the molecule is COc1ccc([C@]23C=C[C@]4(C=C2C(C)=O)CCCC[C@@]43C)cc1. The molecular weight excluding hydrogens is 284 g/mol. The van der Waals surface area contributed by atoms with Gasteiger partial charge in [-0.05, 0) is 42.9 Å². The molecule has 1 aromatic rings. The summed E-state index contributed by atoms with van der Waals surface area (Å²) in [7, 11) is 1.69. The van der Waals surface area contributed by atoms with Crippen LogP contribution in [0.2, 0.25) is 0 Å². The zero-order valence-corrected chi connectivity index (χ0v) is 14.2. The van der Waals surface area contributed by atoms with Gasteiger partial charge >= 0.3 is 0 Å². The molecule has 3 atom stereocenters. The Kier molecular flexibility index (Phi) is 2.94. The third kappa shape index (κ3) is 1.57. The predicted molar refractivity (Wildman–Crippen MR) is 91.6 cm³/mol. The van der Waals surface area contributed by atoms with E-state index in [1.807, 2.05) is 12.1 Å². The van der Waals surface area contributed by atoms with E-state index in [4.69, 9.17) is 4.74 Å². The van der Waals surface area contributed by atoms with E-state index in [0.717, 1.165) is 17.7 Å². The summed E-state index contributed by atoms with van der Waals surface area (Å²) in [5, 5.41) is 0. The standard InChI is InChI=1S/C21H24O2/c1-15(22)18-14-20-11-5-4-10-19(20,2)21(18,13-12-20)16-6-8-17(23-3)9-7-16/h6-9,12-14H,4-5,10-11H2,1-3H3/t19-,20-,21+/m0/s1. The van der Waals surface area contributed by atoms with Gasteiger partial charge in [0, 0.05) is 16.4 Å². The second-order valence-electron chi connectivity index (χ2n) is 7.56. The van der Waals surface area contributed by atoms with Crippen molar-refractivity contribution >= 4 is 5.78 Å². The highest BCUT2D eigenvalue weighted by molar-refractivity contribution is 5.99. The van der Waals surface area contributed by atoms with Crippen molar-refractivity contribution in [3.05, 3.63) is 53.6 Å². The van der Waals surface area contributed by atoms with E-state index >= 15 is 0 Å². The fourth-order valence-electron chi connectivity index (χ4n) is 5.54. The van der Waals surface area contributed by atoms with Gasteiger partial charge in [-0.25, -0.2) is 0 Å². The molecular formula is C21H24O2. The van der Waals surface area contributed by atoms with Crippen LogP contribution in [0.15, 0.2) is 48.1 Å². The van der Waals surface area contributed by atoms with Crippen LogP contribution < -0.4 is 4.74 Å². The van der Waals surface area contributed by atoms with Crippen molar-refractivity contribution in [2.45, 2.75) is 44.9 Å². The Morgan fingerprint density at radius 2 is 1.78 bits per heavy atom. The number of Topliss-reactive ketones (excluding diaryl/α,β-unsaturated/α-hetero) is 1. The average molecular weight is 308 g/mol. The normalized spacial score (nSPS) is 37.4. The number of rotatable bonds is 3. The fraction of sp³-hybridized carbons (Fsp3) is 0.476. The zero-order valence-electron chi connectivity index (χ0n) is 14.2. The lowest BCUT2D eigenvalue weighted by Gasteiger charge is -2.50. The number of ketones is 1. The van der Waals surface area contributed by atoms with Gasteiger partial charge in [-0.1, -0.05) is 50.1 Å². The highest BCUT2D eigenvalue weighted by Crippen LogP contribution is 2.73. The highest BCUT2D eigenvalue weighted by atomic mass is 16.5. The van der Waals surface area contributed by atoms with Crippen molar-refractivity contribution in [1.82, 2.24) is 0 Å². The topological polar surface area (TPSA) is 26.3 Å². The van der Waals surface area contributed by atoms with Crippen LogP contribution in [0.1, 0.15) is 45.1 Å². The van der Waals surface area contributed by atoms with Crippen LogP contribution in [-0.4, -0.2) is 12.9 Å². The van der Waals surface area contributed by atoms with Crippen molar-refractivity contribution in [1.29, 1.82) is 0 Å². The molecule has 0 unspecified atom stereocenters. The Morgan fingerprint density at radius 1 is 1.09 bits per heavy atom. The monoisotopic (exact) mass is 308 g/mol. The van der Waals surface area contributed by atoms with Crippen LogP contribution in [0.4, 0.5) is 0 Å². The molecule has 2 nitrogen and oxygen atoms in total. The molecule has 0 N–H and O–H groups in total. The molecule has 3 aliphatic carbocycles. The van der Waals surface area contributed by atoms with Gasteiger partial charge in [0.2, 0.25) is 0 Å². The van der Waals surface area contributed by atoms with Gasteiger partial charge in [0.15, 0.2) is 5.78 Å². The Labute approximate surface area is 138 Å². The van der Waals surface area contributed by atoms with E-state index in [1.54, 1.807) is 14.0 Å². The Balaban J connectivity index is 1.94. The molecule has 2 bridgehead atoms. The lowest BCUT2D eigenvalue weighted by Crippen LogP contribution is -2.46. The molecule has 23 heavy (non-hydrogen) atoms. The summed E-state index contributed by atoms with van der Waals surface area (Å²) in [4.78, 5) is 12.5. The van der Waals surface area contributed by atoms with Gasteiger partial charge in [-0.2, -0.15) is 0 Å². The summed E-state index contributed by atoms with van der Waals surface area (Å²) in [5.74, 6) is 1.07. The van der Waals surface area contributed by atoms with E-state index in [-0.39, 0.29) is 22.0 Å². The van der Waals surface area contributed by atoms with Crippen molar-refractivity contribution in [2.24, 2.45) is 10.8 Å². The fourth-order valence-corrected chi connectivity index (χ4v) is 5.54. The van der Waals surface area contributed by atoms with Crippen LogP contribution >= 0.6 is 0 Å². The maximum atomic E-state index is 12.5. The molecule has 0 aliphatic heterocycles. The molecule has 0 radical (unpaired) electrons. The second kappa shape index (κ2) is 4.59. The molecule has 2 heteroatoms. The molecule has 0 amide bonds. The van der Waals surface area contributed by atoms with Gasteiger partial charge in [-0.15, -0.1) is 0 Å². The van der Waals surface area contributed by atoms with Crippen molar-refractivity contribution in [3.63, 3.8) is 0 Å². The summed E-state index contributed by atoms with van der Waals surface area (Å²) >= 11 is 0. The first-order chi connectivity index (χ1) is 11.0. The lowest BCUT2D eigenvalue weighted by atomic mass is 9.52. The van der Waals surface area contributed by atoms with E-state index in [1.165, 1.54) is 24.8 Å². The highest BCUT2D eigenvalue weighted by Gasteiger charge is 2.68. The number of benzene rings is 1. The minimum atomic E-state index is -0.272. The molecule has 120 valence electrons. The third-order valence-corrected chi connectivity index (χ3v) is 6.80. The number of ether oxygens (including phenoxy) is 1. The Morgan fingerprint density at radius 3 is 2.43 bits per heavy atom. The smallest absolute Gasteiger partial charge is 0.156 e. The molecule has 4 rings (SSSR count). The summed E-state index contributed by atoms with van der Waals surface area (Å²) in [6.07, 6.45) is 11.9. The first-order valence-electron chi connectivity index (χ1n) is 8.58. The van der Waals surface area contributed by atoms with Gasteiger partial charge < -0.3 is 4.74 Å². The van der Waals surface area contributed by atoms with Gasteiger partial charge in [0.05, 0.1) is 7.11 Å². The minimum Gasteiger partial charge on any atom is -0.497 e. The van der Waals surface area contributed by atoms with E-state index in [0.29, 0.717) is 0 Å². The quantitative estimate of drug-likeness (QED) is 0.763. The zero-order chi connectivity index (χ0) is 16.3. The number of hydrogen-bond acceptors (Lipinski definition) is 2. The molecule has 1 aromatic carbocycles. The maximum Gasteiger partial charge on any atom is 0.156 e. The molecule has 1 fully saturated rings.